The van der Waals surface area contributed by atoms with E-state index < -0.39 is 15.9 Å². The molecule has 2 rings (SSSR count). The number of benzene rings is 2. The van der Waals surface area contributed by atoms with E-state index in [1.54, 1.807) is 12.1 Å². The zero-order chi connectivity index (χ0) is 17.6. The second kappa shape index (κ2) is 7.71. The molecule has 2 aromatic carbocycles. The summed E-state index contributed by atoms with van der Waals surface area (Å²) in [6.45, 7) is 1.30. The number of carbonyl (C=O) groups excluding carboxylic acids is 2. The third kappa shape index (κ3) is 5.49. The summed E-state index contributed by atoms with van der Waals surface area (Å²) in [6, 6.07) is 15.3. The number of carbonyl (C=O) groups is 2. The normalized spacial score (nSPS) is 12.4. The van der Waals surface area contributed by atoms with Crippen LogP contribution in [0.5, 0.6) is 5.75 Å². The molecule has 0 aromatic heterocycles. The van der Waals surface area contributed by atoms with Gasteiger partial charge >= 0.3 is 5.97 Å². The fourth-order valence-corrected chi connectivity index (χ4v) is 3.01. The molecule has 0 bridgehead atoms. The molecule has 0 aliphatic carbocycles. The van der Waals surface area contributed by atoms with Crippen LogP contribution in [0, 0.1) is 11.2 Å². The minimum atomic E-state index is -2.60. The van der Waals surface area contributed by atoms with Gasteiger partial charge in [-0.1, -0.05) is 22.4 Å². The van der Waals surface area contributed by atoms with Crippen molar-refractivity contribution in [3.05, 3.63) is 65.7 Å². The average molecular weight is 341 g/mol. The number of ether oxygens (including phenoxy) is 1. The molecular formula is C19H17O4S+. The SMILES string of the molecule is CC(=O)Oc1ccc(C(=O)C[S+](C)(=O)C#Cc2ccccc2)cc1. The van der Waals surface area contributed by atoms with Gasteiger partial charge in [0.2, 0.25) is 5.78 Å². The summed E-state index contributed by atoms with van der Waals surface area (Å²) >= 11 is 0. The lowest BCUT2D eigenvalue weighted by Gasteiger charge is -2.03. The van der Waals surface area contributed by atoms with Gasteiger partial charge < -0.3 is 4.74 Å². The van der Waals surface area contributed by atoms with Crippen LogP contribution in [0.25, 0.3) is 0 Å². The van der Waals surface area contributed by atoms with Gasteiger partial charge in [-0.25, -0.2) is 0 Å². The molecule has 0 heterocycles. The Morgan fingerprint density at radius 3 is 2.25 bits per heavy atom. The topological polar surface area (TPSA) is 60.4 Å². The van der Waals surface area contributed by atoms with Gasteiger partial charge in [0, 0.05) is 18.1 Å². The van der Waals surface area contributed by atoms with Crippen LogP contribution in [0.4, 0.5) is 0 Å². The molecule has 0 amide bonds. The van der Waals surface area contributed by atoms with Gasteiger partial charge in [-0.2, -0.15) is 0 Å². The van der Waals surface area contributed by atoms with E-state index in [0.29, 0.717) is 11.3 Å². The zero-order valence-corrected chi connectivity index (χ0v) is 14.3. The average Bonchev–Trinajstić information content (AvgIpc) is 2.54. The van der Waals surface area contributed by atoms with Gasteiger partial charge in [-0.3, -0.25) is 9.59 Å². The van der Waals surface area contributed by atoms with Crippen LogP contribution in [0.15, 0.2) is 54.6 Å². The van der Waals surface area contributed by atoms with Crippen LogP contribution in [-0.4, -0.2) is 23.8 Å². The van der Waals surface area contributed by atoms with Crippen LogP contribution >= 0.6 is 0 Å². The summed E-state index contributed by atoms with van der Waals surface area (Å²) in [4.78, 5) is 23.1. The van der Waals surface area contributed by atoms with Crippen molar-refractivity contribution >= 4 is 21.7 Å². The van der Waals surface area contributed by atoms with Crippen LogP contribution in [0.1, 0.15) is 22.8 Å². The van der Waals surface area contributed by atoms with Gasteiger partial charge in [0.1, 0.15) is 12.0 Å². The molecule has 2 aromatic rings. The lowest BCUT2D eigenvalue weighted by molar-refractivity contribution is -0.131. The van der Waals surface area contributed by atoms with Crippen molar-refractivity contribution in [2.45, 2.75) is 6.92 Å². The highest BCUT2D eigenvalue weighted by Crippen LogP contribution is 2.14. The maximum atomic E-state index is 12.5. The van der Waals surface area contributed by atoms with Crippen LogP contribution in [0.3, 0.4) is 0 Å². The van der Waals surface area contributed by atoms with E-state index in [1.807, 2.05) is 30.3 Å². The first-order chi connectivity index (χ1) is 11.4. The summed E-state index contributed by atoms with van der Waals surface area (Å²) in [5.41, 5.74) is 1.16. The van der Waals surface area contributed by atoms with Gasteiger partial charge in [0.05, 0.1) is 0 Å². The highest BCUT2D eigenvalue weighted by Gasteiger charge is 2.24. The Morgan fingerprint density at radius 1 is 1.04 bits per heavy atom. The Kier molecular flexibility index (Phi) is 5.67. The highest BCUT2D eigenvalue weighted by molar-refractivity contribution is 8.07. The Morgan fingerprint density at radius 2 is 1.67 bits per heavy atom. The van der Waals surface area contributed by atoms with Crippen molar-refractivity contribution in [1.82, 2.24) is 0 Å². The second-order valence-electron chi connectivity index (χ2n) is 5.28. The van der Waals surface area contributed by atoms with Gasteiger partial charge in [-0.05, 0) is 42.3 Å². The molecule has 0 fully saturated rings. The molecule has 4 nitrogen and oxygen atoms in total. The van der Waals surface area contributed by atoms with Crippen molar-refractivity contribution < 1.29 is 18.5 Å². The molecule has 0 aliphatic heterocycles. The first-order valence-corrected chi connectivity index (χ1v) is 9.36. The van der Waals surface area contributed by atoms with Crippen molar-refractivity contribution in [1.29, 1.82) is 0 Å². The minimum absolute atomic E-state index is 0.153. The van der Waals surface area contributed by atoms with Gasteiger partial charge in [-0.15, -0.1) is 0 Å². The van der Waals surface area contributed by atoms with Crippen molar-refractivity contribution in [3.8, 4) is 16.9 Å². The minimum Gasteiger partial charge on any atom is -0.427 e. The van der Waals surface area contributed by atoms with Gasteiger partial charge in [0.25, 0.3) is 0 Å². The molecule has 122 valence electrons. The third-order valence-electron chi connectivity index (χ3n) is 3.03. The maximum Gasteiger partial charge on any atom is 0.308 e. The number of esters is 1. The second-order valence-corrected chi connectivity index (χ2v) is 7.79. The van der Waals surface area contributed by atoms with Crippen molar-refractivity contribution in [2.75, 3.05) is 12.0 Å². The number of Topliss-reactive ketones (excluding diaryl/α,β-unsaturated/α-hetero) is 1. The van der Waals surface area contributed by atoms with Crippen LogP contribution < -0.4 is 4.74 Å². The number of hydrogen-bond donors (Lipinski definition) is 0. The third-order valence-corrected chi connectivity index (χ3v) is 4.38. The van der Waals surface area contributed by atoms with Crippen molar-refractivity contribution in [2.24, 2.45) is 0 Å². The van der Waals surface area contributed by atoms with E-state index in [1.165, 1.54) is 25.3 Å². The molecule has 0 N–H and O–H groups in total. The van der Waals surface area contributed by atoms with E-state index in [0.717, 1.165) is 5.56 Å². The lowest BCUT2D eigenvalue weighted by atomic mass is 10.1. The Balaban J connectivity index is 2.06. The molecule has 0 aliphatic rings. The van der Waals surface area contributed by atoms with Crippen LogP contribution in [0.2, 0.25) is 0 Å². The van der Waals surface area contributed by atoms with E-state index >= 15 is 0 Å². The molecule has 0 saturated heterocycles. The first-order valence-electron chi connectivity index (χ1n) is 7.22. The van der Waals surface area contributed by atoms with Crippen molar-refractivity contribution in [3.63, 3.8) is 0 Å². The predicted octanol–water partition coefficient (Wildman–Crippen LogP) is 2.93. The molecular weight excluding hydrogens is 324 g/mol. The predicted molar refractivity (Wildman–Crippen MR) is 94.2 cm³/mol. The van der Waals surface area contributed by atoms with Crippen LogP contribution in [-0.2, 0) is 18.9 Å². The molecule has 5 heteroatoms. The molecule has 1 atom stereocenters. The van der Waals surface area contributed by atoms with Gasteiger partial charge in [0.15, 0.2) is 20.9 Å². The molecule has 1 unspecified atom stereocenters. The number of hydrogen-bond acceptors (Lipinski definition) is 4. The zero-order valence-electron chi connectivity index (χ0n) is 13.4. The van der Waals surface area contributed by atoms with E-state index in [4.69, 9.17) is 4.74 Å². The Hall–Kier alpha value is -2.71. The molecule has 0 spiro atoms. The maximum absolute atomic E-state index is 12.5. The Labute approximate surface area is 142 Å². The Bertz CT molecular complexity index is 842. The summed E-state index contributed by atoms with van der Waals surface area (Å²) in [6.07, 6.45) is 1.48. The smallest absolute Gasteiger partial charge is 0.308 e. The van der Waals surface area contributed by atoms with E-state index in [-0.39, 0.29) is 11.5 Å². The fraction of sp³-hybridized carbons (Fsp3) is 0.158. The summed E-state index contributed by atoms with van der Waals surface area (Å²) in [7, 11) is -2.60. The standard InChI is InChI=1S/C19H17O4S/c1-15(20)23-18-10-8-17(9-11-18)19(21)14-24(2,22)13-12-16-6-4-3-5-7-16/h3-11H,14H2,1-2H3/q+1. The largest absolute Gasteiger partial charge is 0.427 e. The fourth-order valence-electron chi connectivity index (χ4n) is 1.93. The quantitative estimate of drug-likeness (QED) is 0.282. The highest BCUT2D eigenvalue weighted by atomic mass is 32.2. The molecule has 0 radical (unpaired) electrons. The molecule has 0 saturated carbocycles. The lowest BCUT2D eigenvalue weighted by Crippen LogP contribution is -2.19. The summed E-state index contributed by atoms with van der Waals surface area (Å²) in [5.74, 6) is 2.35. The van der Waals surface area contributed by atoms with E-state index in [9.17, 15) is 13.8 Å². The summed E-state index contributed by atoms with van der Waals surface area (Å²) < 4.78 is 17.4. The first kappa shape index (κ1) is 17.6. The number of rotatable bonds is 4. The monoisotopic (exact) mass is 341 g/mol. The molecule has 24 heavy (non-hydrogen) atoms. The number of ketones is 1. The van der Waals surface area contributed by atoms with E-state index in [2.05, 4.69) is 11.2 Å². The summed E-state index contributed by atoms with van der Waals surface area (Å²) in [5, 5.41) is 2.70.